The molecule has 0 saturated heterocycles. The summed E-state index contributed by atoms with van der Waals surface area (Å²) in [7, 11) is 0. The van der Waals surface area contributed by atoms with Gasteiger partial charge in [0, 0.05) is 0 Å². The number of hydrogen-bond acceptors (Lipinski definition) is 1. The van der Waals surface area contributed by atoms with E-state index in [1.807, 2.05) is 12.2 Å². The van der Waals surface area contributed by atoms with Gasteiger partial charge in [-0.1, -0.05) is 59.7 Å². The predicted octanol–water partition coefficient (Wildman–Crippen LogP) is 4.96. The normalized spacial score (nSPS) is 11.3. The van der Waals surface area contributed by atoms with E-state index in [1.165, 1.54) is 11.1 Å². The van der Waals surface area contributed by atoms with Crippen molar-refractivity contribution in [3.05, 3.63) is 83.3 Å². The minimum absolute atomic E-state index is 1.13. The number of ether oxygens (including phenoxy) is 1. The van der Waals surface area contributed by atoms with Gasteiger partial charge in [-0.15, -0.1) is 0 Å². The summed E-state index contributed by atoms with van der Waals surface area (Å²) in [4.78, 5) is 0. The highest BCUT2D eigenvalue weighted by Gasteiger charge is 1.87. The van der Waals surface area contributed by atoms with Crippen molar-refractivity contribution in [3.63, 3.8) is 0 Å². The van der Waals surface area contributed by atoms with Gasteiger partial charge in [-0.25, -0.2) is 0 Å². The van der Waals surface area contributed by atoms with Crippen LogP contribution in [0.5, 0.6) is 0 Å². The van der Waals surface area contributed by atoms with Crippen LogP contribution in [0.2, 0.25) is 0 Å². The molecule has 0 spiro atoms. The molecule has 1 heteroatoms. The molecule has 0 saturated carbocycles. The van der Waals surface area contributed by atoms with Crippen molar-refractivity contribution in [2.45, 2.75) is 13.8 Å². The van der Waals surface area contributed by atoms with Crippen LogP contribution in [0.3, 0.4) is 0 Å². The summed E-state index contributed by atoms with van der Waals surface area (Å²) in [5, 5.41) is 0. The van der Waals surface area contributed by atoms with Gasteiger partial charge in [-0.05, 0) is 37.1 Å². The smallest absolute Gasteiger partial charge is 0.0907 e. The van der Waals surface area contributed by atoms with Crippen LogP contribution in [-0.4, -0.2) is 0 Å². The van der Waals surface area contributed by atoms with Gasteiger partial charge in [0.05, 0.1) is 12.5 Å². The molecule has 0 unspecified atom stereocenters. The Morgan fingerprint density at radius 2 is 1.00 bits per heavy atom. The first kappa shape index (κ1) is 13.2. The zero-order chi connectivity index (χ0) is 13.5. The van der Waals surface area contributed by atoms with Crippen molar-refractivity contribution < 1.29 is 4.74 Å². The third kappa shape index (κ3) is 4.47. The Morgan fingerprint density at radius 1 is 0.632 bits per heavy atom. The maximum Gasteiger partial charge on any atom is 0.0907 e. The average Bonchev–Trinajstić information content (AvgIpc) is 2.43. The monoisotopic (exact) mass is 250 g/mol. The molecule has 1 nitrogen and oxygen atoms in total. The second kappa shape index (κ2) is 6.60. The lowest BCUT2D eigenvalue weighted by molar-refractivity contribution is 0.410. The SMILES string of the molecule is Cc1ccc(C=COC=Cc2ccc(C)cc2)cc1. The number of aryl methyl sites for hydroxylation is 2. The van der Waals surface area contributed by atoms with Gasteiger partial charge in [0.15, 0.2) is 0 Å². The van der Waals surface area contributed by atoms with Gasteiger partial charge in [-0.3, -0.25) is 0 Å². The maximum atomic E-state index is 5.34. The largest absolute Gasteiger partial charge is 0.473 e. The molecule has 19 heavy (non-hydrogen) atoms. The summed E-state index contributed by atoms with van der Waals surface area (Å²) in [6, 6.07) is 16.6. The first-order valence-electron chi connectivity index (χ1n) is 6.36. The zero-order valence-corrected chi connectivity index (χ0v) is 11.3. The van der Waals surface area contributed by atoms with Gasteiger partial charge in [0.1, 0.15) is 0 Å². The van der Waals surface area contributed by atoms with Crippen LogP contribution in [0.1, 0.15) is 22.3 Å². The van der Waals surface area contributed by atoms with Gasteiger partial charge in [-0.2, -0.15) is 0 Å². The molecule has 0 atom stereocenters. The molecule has 0 bridgehead atoms. The highest BCUT2D eigenvalue weighted by atomic mass is 16.5. The fourth-order valence-electron chi connectivity index (χ4n) is 1.64. The third-order valence-electron chi connectivity index (χ3n) is 2.83. The molecule has 2 aromatic rings. The van der Waals surface area contributed by atoms with Crippen LogP contribution in [0.25, 0.3) is 12.2 Å². The molecule has 0 heterocycles. The van der Waals surface area contributed by atoms with Gasteiger partial charge in [0.2, 0.25) is 0 Å². The Balaban J connectivity index is 1.86. The topological polar surface area (TPSA) is 9.23 Å². The van der Waals surface area contributed by atoms with E-state index in [-0.39, 0.29) is 0 Å². The molecule has 0 N–H and O–H groups in total. The third-order valence-corrected chi connectivity index (χ3v) is 2.83. The summed E-state index contributed by atoms with van der Waals surface area (Å²) < 4.78 is 5.34. The Bertz CT molecular complexity index is 506. The van der Waals surface area contributed by atoms with E-state index >= 15 is 0 Å². The van der Waals surface area contributed by atoms with E-state index in [2.05, 4.69) is 62.4 Å². The second-order valence-corrected chi connectivity index (χ2v) is 4.56. The van der Waals surface area contributed by atoms with Crippen molar-refractivity contribution in [2.75, 3.05) is 0 Å². The van der Waals surface area contributed by atoms with Crippen LogP contribution in [0, 0.1) is 13.8 Å². The van der Waals surface area contributed by atoms with E-state index in [0.29, 0.717) is 0 Å². The Labute approximate surface area is 114 Å². The van der Waals surface area contributed by atoms with Crippen molar-refractivity contribution in [1.82, 2.24) is 0 Å². The summed E-state index contributed by atoms with van der Waals surface area (Å²) in [6.45, 7) is 4.16. The lowest BCUT2D eigenvalue weighted by Crippen LogP contribution is -1.75. The molecule has 0 aliphatic carbocycles. The highest BCUT2D eigenvalue weighted by molar-refractivity contribution is 5.50. The van der Waals surface area contributed by atoms with E-state index in [4.69, 9.17) is 4.74 Å². The second-order valence-electron chi connectivity index (χ2n) is 4.56. The van der Waals surface area contributed by atoms with Crippen molar-refractivity contribution >= 4 is 12.2 Å². The predicted molar refractivity (Wildman–Crippen MR) is 81.5 cm³/mol. The van der Waals surface area contributed by atoms with Crippen LogP contribution in [-0.2, 0) is 4.74 Å². The van der Waals surface area contributed by atoms with E-state index in [9.17, 15) is 0 Å². The molecule has 96 valence electrons. The first-order chi connectivity index (χ1) is 9.24. The fourth-order valence-corrected chi connectivity index (χ4v) is 1.64. The van der Waals surface area contributed by atoms with E-state index in [0.717, 1.165) is 11.1 Å². The molecular weight excluding hydrogens is 232 g/mol. The molecule has 0 amide bonds. The summed E-state index contributed by atoms with van der Waals surface area (Å²) in [5.74, 6) is 0. The lowest BCUT2D eigenvalue weighted by Gasteiger charge is -1.96. The molecule has 0 aliphatic rings. The maximum absolute atomic E-state index is 5.34. The van der Waals surface area contributed by atoms with Gasteiger partial charge < -0.3 is 4.74 Å². The van der Waals surface area contributed by atoms with Gasteiger partial charge in [0.25, 0.3) is 0 Å². The Kier molecular flexibility index (Phi) is 4.57. The number of benzene rings is 2. The van der Waals surface area contributed by atoms with Crippen molar-refractivity contribution in [2.24, 2.45) is 0 Å². The highest BCUT2D eigenvalue weighted by Crippen LogP contribution is 2.07. The minimum Gasteiger partial charge on any atom is -0.473 e. The fraction of sp³-hybridized carbons (Fsp3) is 0.111. The molecule has 0 radical (unpaired) electrons. The summed E-state index contributed by atoms with van der Waals surface area (Å²) in [5.41, 5.74) is 4.79. The number of hydrogen-bond donors (Lipinski definition) is 0. The van der Waals surface area contributed by atoms with Crippen molar-refractivity contribution in [1.29, 1.82) is 0 Å². The molecular formula is C18H18O. The van der Waals surface area contributed by atoms with Crippen LogP contribution >= 0.6 is 0 Å². The Morgan fingerprint density at radius 3 is 1.37 bits per heavy atom. The average molecular weight is 250 g/mol. The lowest BCUT2D eigenvalue weighted by atomic mass is 10.1. The molecule has 0 fully saturated rings. The number of rotatable bonds is 4. The van der Waals surface area contributed by atoms with Crippen LogP contribution < -0.4 is 0 Å². The summed E-state index contributed by atoms with van der Waals surface area (Å²) in [6.07, 6.45) is 7.27. The van der Waals surface area contributed by atoms with Gasteiger partial charge >= 0.3 is 0 Å². The van der Waals surface area contributed by atoms with Crippen LogP contribution in [0.4, 0.5) is 0 Å². The quantitative estimate of drug-likeness (QED) is 0.697. The first-order valence-corrected chi connectivity index (χ1v) is 6.36. The summed E-state index contributed by atoms with van der Waals surface area (Å²) >= 11 is 0. The zero-order valence-electron chi connectivity index (χ0n) is 11.3. The van der Waals surface area contributed by atoms with Crippen LogP contribution in [0.15, 0.2) is 61.1 Å². The minimum atomic E-state index is 1.13. The van der Waals surface area contributed by atoms with E-state index in [1.54, 1.807) is 12.5 Å². The Hall–Kier alpha value is -2.28. The molecule has 2 rings (SSSR count). The molecule has 2 aromatic carbocycles. The molecule has 0 aromatic heterocycles. The van der Waals surface area contributed by atoms with Crippen molar-refractivity contribution in [3.8, 4) is 0 Å². The molecule has 0 aliphatic heterocycles. The van der Waals surface area contributed by atoms with E-state index < -0.39 is 0 Å². The standard InChI is InChI=1S/C18H18O/c1-15-3-7-17(8-4-15)11-13-19-14-12-18-9-5-16(2)6-10-18/h3-14H,1-2H3.